The Balaban J connectivity index is 1.67. The molecule has 0 fully saturated rings. The number of carboxylic acid groups (broad SMARTS) is 1. The number of rotatable bonds is 6. The van der Waals surface area contributed by atoms with Crippen molar-refractivity contribution in [3.63, 3.8) is 0 Å². The zero-order valence-electron chi connectivity index (χ0n) is 14.5. The molecule has 1 atom stereocenters. The van der Waals surface area contributed by atoms with Crippen molar-refractivity contribution in [3.8, 4) is 6.07 Å². The van der Waals surface area contributed by atoms with E-state index >= 15 is 0 Å². The molecule has 1 aliphatic heterocycles. The topological polar surface area (TPSA) is 132 Å². The zero-order valence-corrected chi connectivity index (χ0v) is 15.3. The first-order valence-electron chi connectivity index (χ1n) is 8.21. The van der Waals surface area contributed by atoms with Gasteiger partial charge in [-0.3, -0.25) is 9.59 Å². The van der Waals surface area contributed by atoms with Gasteiger partial charge in [0.25, 0.3) is 0 Å². The molecule has 142 valence electrons. The Morgan fingerprint density at radius 2 is 2.07 bits per heavy atom. The number of carbonyl (C=O) groups excluding carboxylic acids is 2. The number of thioether (sulfide) groups is 1. The van der Waals surface area contributed by atoms with Crippen molar-refractivity contribution in [2.24, 2.45) is 0 Å². The molecule has 1 aromatic carbocycles. The lowest BCUT2D eigenvalue weighted by Gasteiger charge is -2.23. The number of carboxylic acids is 1. The van der Waals surface area contributed by atoms with Gasteiger partial charge in [0.1, 0.15) is 5.76 Å². The fourth-order valence-corrected chi connectivity index (χ4v) is 3.57. The average molecular weight is 397 g/mol. The van der Waals surface area contributed by atoms with Gasteiger partial charge in [-0.05, 0) is 36.4 Å². The molecule has 0 radical (unpaired) electrons. The largest absolute Gasteiger partial charge is 0.478 e. The minimum absolute atomic E-state index is 0.0354. The van der Waals surface area contributed by atoms with Crippen LogP contribution in [0.2, 0.25) is 0 Å². The van der Waals surface area contributed by atoms with Crippen LogP contribution in [-0.4, -0.2) is 28.6 Å². The SMILES string of the molecule is N#CC1=C(SCC(=O)Nc2ccc(C(=O)O)cc2)NC(=O)C[C@H]1c1ccco1. The number of benzene rings is 1. The second kappa shape index (κ2) is 8.45. The van der Waals surface area contributed by atoms with E-state index < -0.39 is 11.9 Å². The summed E-state index contributed by atoms with van der Waals surface area (Å²) in [7, 11) is 0. The number of allylic oxidation sites excluding steroid dienone is 1. The van der Waals surface area contributed by atoms with Crippen LogP contribution in [-0.2, 0) is 9.59 Å². The van der Waals surface area contributed by atoms with E-state index in [1.165, 1.54) is 30.5 Å². The molecule has 0 bridgehead atoms. The summed E-state index contributed by atoms with van der Waals surface area (Å²) in [6.07, 6.45) is 1.58. The summed E-state index contributed by atoms with van der Waals surface area (Å²) in [5, 5.41) is 24.0. The van der Waals surface area contributed by atoms with Crippen LogP contribution in [0.5, 0.6) is 0 Å². The number of nitrogens with one attached hydrogen (secondary N) is 2. The van der Waals surface area contributed by atoms with Crippen LogP contribution in [0.4, 0.5) is 5.69 Å². The van der Waals surface area contributed by atoms with Gasteiger partial charge >= 0.3 is 5.97 Å². The quantitative estimate of drug-likeness (QED) is 0.682. The predicted octanol–water partition coefficient (Wildman–Crippen LogP) is 2.69. The Kier molecular flexibility index (Phi) is 5.81. The van der Waals surface area contributed by atoms with Gasteiger partial charge in [0.05, 0.1) is 40.2 Å². The lowest BCUT2D eigenvalue weighted by molar-refractivity contribution is -0.121. The molecule has 28 heavy (non-hydrogen) atoms. The van der Waals surface area contributed by atoms with Crippen molar-refractivity contribution >= 4 is 35.2 Å². The molecule has 9 heteroatoms. The fourth-order valence-electron chi connectivity index (χ4n) is 2.70. The summed E-state index contributed by atoms with van der Waals surface area (Å²) in [5.41, 5.74) is 0.912. The Hall–Kier alpha value is -3.51. The van der Waals surface area contributed by atoms with Gasteiger partial charge in [-0.25, -0.2) is 4.79 Å². The van der Waals surface area contributed by atoms with Crippen LogP contribution in [0, 0.1) is 11.3 Å². The summed E-state index contributed by atoms with van der Waals surface area (Å²) in [5.74, 6) is -1.66. The lowest BCUT2D eigenvalue weighted by atomic mass is 9.92. The van der Waals surface area contributed by atoms with Crippen LogP contribution >= 0.6 is 11.8 Å². The van der Waals surface area contributed by atoms with E-state index in [0.717, 1.165) is 11.8 Å². The van der Waals surface area contributed by atoms with Gasteiger partial charge in [0.15, 0.2) is 0 Å². The number of aromatic carboxylic acids is 1. The van der Waals surface area contributed by atoms with Gasteiger partial charge in [0, 0.05) is 12.1 Å². The van der Waals surface area contributed by atoms with Crippen LogP contribution in [0.25, 0.3) is 0 Å². The third-order valence-electron chi connectivity index (χ3n) is 4.01. The van der Waals surface area contributed by atoms with Crippen LogP contribution in [0.3, 0.4) is 0 Å². The summed E-state index contributed by atoms with van der Waals surface area (Å²) >= 11 is 1.05. The van der Waals surface area contributed by atoms with Gasteiger partial charge in [-0.2, -0.15) is 5.26 Å². The fraction of sp³-hybridized carbons (Fsp3) is 0.158. The number of nitrogens with zero attached hydrogens (tertiary/aromatic N) is 1. The van der Waals surface area contributed by atoms with Gasteiger partial charge < -0.3 is 20.2 Å². The number of carbonyl (C=O) groups is 3. The highest BCUT2D eigenvalue weighted by Gasteiger charge is 2.31. The highest BCUT2D eigenvalue weighted by Crippen LogP contribution is 2.36. The summed E-state index contributed by atoms with van der Waals surface area (Å²) < 4.78 is 5.34. The summed E-state index contributed by atoms with van der Waals surface area (Å²) in [4.78, 5) is 35.0. The Labute approximate surface area is 164 Å². The first kappa shape index (κ1) is 19.3. The number of hydrogen-bond donors (Lipinski definition) is 3. The molecule has 0 saturated carbocycles. The maximum Gasteiger partial charge on any atom is 0.335 e. The first-order chi connectivity index (χ1) is 13.5. The van der Waals surface area contributed by atoms with E-state index in [2.05, 4.69) is 16.7 Å². The molecule has 1 aromatic heterocycles. The third kappa shape index (κ3) is 4.42. The summed E-state index contributed by atoms with van der Waals surface area (Å²) in [6, 6.07) is 11.2. The highest BCUT2D eigenvalue weighted by atomic mass is 32.2. The molecule has 3 N–H and O–H groups in total. The van der Waals surface area contributed by atoms with Crippen molar-refractivity contribution in [3.05, 3.63) is 64.6 Å². The van der Waals surface area contributed by atoms with Gasteiger partial charge in [0.2, 0.25) is 11.8 Å². The minimum Gasteiger partial charge on any atom is -0.478 e. The monoisotopic (exact) mass is 397 g/mol. The number of furan rings is 1. The van der Waals surface area contributed by atoms with Crippen molar-refractivity contribution in [1.29, 1.82) is 5.26 Å². The molecule has 0 saturated heterocycles. The second-order valence-corrected chi connectivity index (χ2v) is 6.88. The average Bonchev–Trinajstić information content (AvgIpc) is 3.21. The van der Waals surface area contributed by atoms with Crippen LogP contribution in [0.1, 0.15) is 28.5 Å². The molecule has 2 amide bonds. The Morgan fingerprint density at radius 3 is 2.68 bits per heavy atom. The van der Waals surface area contributed by atoms with Gasteiger partial charge in [-0.1, -0.05) is 11.8 Å². The van der Waals surface area contributed by atoms with Crippen molar-refractivity contribution in [1.82, 2.24) is 5.32 Å². The number of nitriles is 1. The normalized spacial score (nSPS) is 16.2. The molecule has 3 rings (SSSR count). The number of amides is 2. The molecule has 0 aliphatic carbocycles. The van der Waals surface area contributed by atoms with Crippen molar-refractivity contribution < 1.29 is 23.9 Å². The van der Waals surface area contributed by atoms with E-state index in [-0.39, 0.29) is 29.6 Å². The van der Waals surface area contributed by atoms with Crippen LogP contribution < -0.4 is 10.6 Å². The van der Waals surface area contributed by atoms with E-state index in [9.17, 15) is 19.6 Å². The Morgan fingerprint density at radius 1 is 1.32 bits per heavy atom. The van der Waals surface area contributed by atoms with E-state index in [4.69, 9.17) is 9.52 Å². The van der Waals surface area contributed by atoms with Gasteiger partial charge in [-0.15, -0.1) is 0 Å². The van der Waals surface area contributed by atoms with E-state index in [1.54, 1.807) is 12.1 Å². The maximum atomic E-state index is 12.2. The standard InChI is InChI=1S/C19H15N3O5S/c20-9-14-13(15-2-1-7-27-15)8-16(23)22-18(14)28-10-17(24)21-12-5-3-11(4-6-12)19(25)26/h1-7,13H,8,10H2,(H,21,24)(H,22,23)(H,25,26)/t13-/m1/s1. The lowest BCUT2D eigenvalue weighted by Crippen LogP contribution is -2.31. The molecule has 1 aliphatic rings. The molecule has 8 nitrogen and oxygen atoms in total. The molecule has 2 heterocycles. The Bertz CT molecular complexity index is 974. The van der Waals surface area contributed by atoms with Crippen molar-refractivity contribution in [2.75, 3.05) is 11.1 Å². The molecule has 0 unspecified atom stereocenters. The molecular weight excluding hydrogens is 382 g/mol. The predicted molar refractivity (Wildman–Crippen MR) is 101 cm³/mol. The smallest absolute Gasteiger partial charge is 0.335 e. The van der Waals surface area contributed by atoms with Crippen LogP contribution in [0.15, 0.2) is 57.7 Å². The zero-order chi connectivity index (χ0) is 20.1. The summed E-state index contributed by atoms with van der Waals surface area (Å²) in [6.45, 7) is 0. The van der Waals surface area contributed by atoms with E-state index in [0.29, 0.717) is 22.0 Å². The van der Waals surface area contributed by atoms with E-state index in [1.807, 2.05) is 0 Å². The first-order valence-corrected chi connectivity index (χ1v) is 9.20. The third-order valence-corrected chi connectivity index (χ3v) is 5.02. The molecule has 2 aromatic rings. The maximum absolute atomic E-state index is 12.2. The number of anilines is 1. The second-order valence-electron chi connectivity index (χ2n) is 5.89. The minimum atomic E-state index is -1.05. The molecule has 0 spiro atoms. The van der Waals surface area contributed by atoms with Crippen molar-refractivity contribution in [2.45, 2.75) is 12.3 Å². The highest BCUT2D eigenvalue weighted by molar-refractivity contribution is 8.03. The molecular formula is C19H15N3O5S. The number of hydrogen-bond acceptors (Lipinski definition) is 6.